The third-order valence-electron chi connectivity index (χ3n) is 10.7. The first-order chi connectivity index (χ1) is 27.3. The van der Waals surface area contributed by atoms with Gasteiger partial charge in [0.2, 0.25) is 0 Å². The van der Waals surface area contributed by atoms with E-state index in [2.05, 4.69) is 229 Å². The van der Waals surface area contributed by atoms with Crippen LogP contribution < -0.4 is 0 Å². The van der Waals surface area contributed by atoms with Crippen molar-refractivity contribution in [3.8, 4) is 72.4 Å². The zero-order valence-corrected chi connectivity index (χ0v) is 30.3. The summed E-state index contributed by atoms with van der Waals surface area (Å²) in [4.78, 5) is 0. The summed E-state index contributed by atoms with van der Waals surface area (Å²) in [6.07, 6.45) is 0. The van der Waals surface area contributed by atoms with Crippen molar-refractivity contribution in [2.45, 2.75) is 0 Å². The number of aromatic nitrogens is 1. The van der Waals surface area contributed by atoms with Gasteiger partial charge in [-0.25, -0.2) is 0 Å². The summed E-state index contributed by atoms with van der Waals surface area (Å²) in [5.74, 6) is 0. The van der Waals surface area contributed by atoms with Crippen LogP contribution in [0.1, 0.15) is 0 Å². The second-order valence-corrected chi connectivity index (χ2v) is 14.1. The van der Waals surface area contributed by atoms with Crippen LogP contribution in [-0.2, 0) is 0 Å². The molecular formula is C54H37N. The zero-order chi connectivity index (χ0) is 36.6. The van der Waals surface area contributed by atoms with Gasteiger partial charge >= 0.3 is 0 Å². The van der Waals surface area contributed by atoms with E-state index in [1.807, 2.05) is 0 Å². The molecule has 0 saturated carbocycles. The third kappa shape index (κ3) is 6.02. The molecule has 1 heteroatoms. The van der Waals surface area contributed by atoms with E-state index in [9.17, 15) is 0 Å². The van der Waals surface area contributed by atoms with Crippen LogP contribution in [0.3, 0.4) is 0 Å². The first-order valence-corrected chi connectivity index (χ1v) is 18.9. The molecule has 10 rings (SSSR count). The molecule has 55 heavy (non-hydrogen) atoms. The Balaban J connectivity index is 1.36. The fraction of sp³-hybridized carbons (Fsp3) is 0. The summed E-state index contributed by atoms with van der Waals surface area (Å²) in [6, 6.07) is 81.6. The van der Waals surface area contributed by atoms with E-state index in [4.69, 9.17) is 0 Å². The van der Waals surface area contributed by atoms with Crippen LogP contribution in [0, 0.1) is 0 Å². The lowest BCUT2D eigenvalue weighted by molar-refractivity contribution is 1.18. The minimum atomic E-state index is 1.14. The van der Waals surface area contributed by atoms with E-state index >= 15 is 0 Å². The summed E-state index contributed by atoms with van der Waals surface area (Å²) in [6.45, 7) is 0. The Hall–Kier alpha value is -7.22. The Morgan fingerprint density at radius 3 is 1.11 bits per heavy atom. The van der Waals surface area contributed by atoms with E-state index in [0.29, 0.717) is 0 Å². The minimum Gasteiger partial charge on any atom is -0.309 e. The number of nitrogens with zero attached hydrogens (tertiary/aromatic N) is 1. The molecule has 0 fully saturated rings. The molecule has 1 heterocycles. The molecule has 0 aliphatic heterocycles. The van der Waals surface area contributed by atoms with Crippen LogP contribution >= 0.6 is 0 Å². The quantitative estimate of drug-likeness (QED) is 0.156. The number of hydrogen-bond donors (Lipinski definition) is 0. The lowest BCUT2D eigenvalue weighted by Gasteiger charge is -2.19. The van der Waals surface area contributed by atoms with Gasteiger partial charge < -0.3 is 4.57 Å². The SMILES string of the molecule is c1ccc(-c2cc(-c3ccccc3)cc(-c3ccc4c5ccccc5n(-c5ccccc5)c4c3-c3cc(-c4ccccc4)cc(-c4ccccc4)c3)c2)cc1. The van der Waals surface area contributed by atoms with Gasteiger partial charge in [0.25, 0.3) is 0 Å². The molecule has 0 unspecified atom stereocenters. The highest BCUT2D eigenvalue weighted by molar-refractivity contribution is 6.17. The molecule has 0 spiro atoms. The molecule has 1 aromatic heterocycles. The molecule has 258 valence electrons. The normalized spacial score (nSPS) is 11.3. The van der Waals surface area contributed by atoms with Crippen molar-refractivity contribution < 1.29 is 0 Å². The van der Waals surface area contributed by atoms with Crippen LogP contribution in [0.15, 0.2) is 224 Å². The molecular weight excluding hydrogens is 663 g/mol. The number of fused-ring (bicyclic) bond motifs is 3. The fourth-order valence-corrected chi connectivity index (χ4v) is 8.18. The monoisotopic (exact) mass is 699 g/mol. The highest BCUT2D eigenvalue weighted by Gasteiger charge is 2.22. The number of rotatable bonds is 7. The highest BCUT2D eigenvalue weighted by Crippen LogP contribution is 2.46. The van der Waals surface area contributed by atoms with Gasteiger partial charge in [0.1, 0.15) is 0 Å². The molecule has 0 bridgehead atoms. The summed E-state index contributed by atoms with van der Waals surface area (Å²) in [7, 11) is 0. The van der Waals surface area contributed by atoms with E-state index in [1.54, 1.807) is 0 Å². The molecule has 1 nitrogen and oxygen atoms in total. The van der Waals surface area contributed by atoms with Crippen molar-refractivity contribution in [2.75, 3.05) is 0 Å². The van der Waals surface area contributed by atoms with Gasteiger partial charge in [-0.2, -0.15) is 0 Å². The van der Waals surface area contributed by atoms with E-state index in [0.717, 1.165) is 5.69 Å². The second-order valence-electron chi connectivity index (χ2n) is 14.1. The van der Waals surface area contributed by atoms with Gasteiger partial charge in [-0.15, -0.1) is 0 Å². The summed E-state index contributed by atoms with van der Waals surface area (Å²) < 4.78 is 2.47. The number of benzene rings is 9. The largest absolute Gasteiger partial charge is 0.309 e. The fourth-order valence-electron chi connectivity index (χ4n) is 8.18. The Labute approximate surface area is 322 Å². The van der Waals surface area contributed by atoms with Gasteiger partial charge in [0, 0.05) is 22.0 Å². The molecule has 0 aliphatic carbocycles. The smallest absolute Gasteiger partial charge is 0.0625 e. The average molecular weight is 700 g/mol. The average Bonchev–Trinajstić information content (AvgIpc) is 3.61. The van der Waals surface area contributed by atoms with Gasteiger partial charge in [-0.1, -0.05) is 170 Å². The van der Waals surface area contributed by atoms with Crippen molar-refractivity contribution >= 4 is 21.8 Å². The Bertz CT molecular complexity index is 2810. The van der Waals surface area contributed by atoms with Gasteiger partial charge in [0.15, 0.2) is 0 Å². The zero-order valence-electron chi connectivity index (χ0n) is 30.3. The van der Waals surface area contributed by atoms with Crippen molar-refractivity contribution in [3.05, 3.63) is 224 Å². The van der Waals surface area contributed by atoms with Gasteiger partial charge in [-0.05, 0) is 116 Å². The molecule has 10 aromatic rings. The first kappa shape index (κ1) is 32.4. The third-order valence-corrected chi connectivity index (χ3v) is 10.7. The van der Waals surface area contributed by atoms with E-state index in [-0.39, 0.29) is 0 Å². The lowest BCUT2D eigenvalue weighted by atomic mass is 9.86. The molecule has 9 aromatic carbocycles. The molecule has 0 atom stereocenters. The van der Waals surface area contributed by atoms with Crippen LogP contribution in [0.25, 0.3) is 94.3 Å². The van der Waals surface area contributed by atoms with Crippen LogP contribution in [0.4, 0.5) is 0 Å². The van der Waals surface area contributed by atoms with E-state index < -0.39 is 0 Å². The topological polar surface area (TPSA) is 4.93 Å². The predicted octanol–water partition coefficient (Wildman–Crippen LogP) is 14.8. The van der Waals surface area contributed by atoms with Crippen molar-refractivity contribution in [1.29, 1.82) is 0 Å². The predicted molar refractivity (Wildman–Crippen MR) is 233 cm³/mol. The number of para-hydroxylation sites is 2. The minimum absolute atomic E-state index is 1.14. The highest BCUT2D eigenvalue weighted by atomic mass is 15.0. The lowest BCUT2D eigenvalue weighted by Crippen LogP contribution is -1.98. The Morgan fingerprint density at radius 2 is 0.636 bits per heavy atom. The second kappa shape index (κ2) is 14.0. The van der Waals surface area contributed by atoms with Gasteiger partial charge in [0.05, 0.1) is 11.0 Å². The number of hydrogen-bond acceptors (Lipinski definition) is 0. The van der Waals surface area contributed by atoms with Crippen molar-refractivity contribution in [2.24, 2.45) is 0 Å². The summed E-state index contributed by atoms with van der Waals surface area (Å²) in [5, 5.41) is 2.46. The molecule has 0 N–H and O–H groups in total. The molecule has 0 saturated heterocycles. The Kier molecular flexibility index (Phi) is 8.24. The maximum Gasteiger partial charge on any atom is 0.0625 e. The summed E-state index contributed by atoms with van der Waals surface area (Å²) >= 11 is 0. The maximum absolute atomic E-state index is 2.47. The van der Waals surface area contributed by atoms with Crippen LogP contribution in [0.5, 0.6) is 0 Å². The van der Waals surface area contributed by atoms with Crippen molar-refractivity contribution in [3.63, 3.8) is 0 Å². The van der Waals surface area contributed by atoms with Gasteiger partial charge in [-0.3, -0.25) is 0 Å². The summed E-state index contributed by atoms with van der Waals surface area (Å²) in [5.41, 5.74) is 17.8. The first-order valence-electron chi connectivity index (χ1n) is 18.9. The molecule has 0 aliphatic rings. The maximum atomic E-state index is 2.47. The standard InChI is InChI=1S/C54H37N/c1-6-18-38(19-7-1)42-32-43(39-20-8-2-9-21-39)35-46(34-42)49-30-31-51-50-28-16-17-29-52(50)55(48-26-14-5-15-27-48)54(51)53(49)47-36-44(40-22-10-3-11-23-40)33-45(37-47)41-24-12-4-13-25-41/h1-37H. The Morgan fingerprint density at radius 1 is 0.255 bits per heavy atom. The molecule has 0 radical (unpaired) electrons. The van der Waals surface area contributed by atoms with E-state index in [1.165, 1.54) is 88.6 Å². The van der Waals surface area contributed by atoms with Crippen LogP contribution in [0.2, 0.25) is 0 Å². The molecule has 0 amide bonds. The van der Waals surface area contributed by atoms with Crippen LogP contribution in [-0.4, -0.2) is 4.57 Å². The van der Waals surface area contributed by atoms with Crippen molar-refractivity contribution in [1.82, 2.24) is 4.57 Å².